The van der Waals surface area contributed by atoms with Crippen molar-refractivity contribution in [3.05, 3.63) is 51.4 Å². The molecule has 2 aliphatic rings. The number of amides is 2. The molecule has 1 N–H and O–H groups in total. The van der Waals surface area contributed by atoms with Crippen molar-refractivity contribution in [2.75, 3.05) is 14.2 Å². The van der Waals surface area contributed by atoms with E-state index in [1.165, 1.54) is 16.7 Å². The van der Waals surface area contributed by atoms with Crippen molar-refractivity contribution < 1.29 is 19.1 Å². The Balaban J connectivity index is 1.93. The van der Waals surface area contributed by atoms with Gasteiger partial charge in [0.1, 0.15) is 11.5 Å². The van der Waals surface area contributed by atoms with Gasteiger partial charge in [-0.15, -0.1) is 0 Å². The molecule has 2 aromatic rings. The minimum absolute atomic E-state index is 0.0801. The molecule has 1 aliphatic carbocycles. The SMILES string of the molecule is COc1cc(OC)c(-c2cc3c(cc2C)C(C)(C)CCC3(C)C)cc1C=C1SC(=O)NC1=O. The largest absolute Gasteiger partial charge is 0.496 e. The molecule has 0 saturated carbocycles. The van der Waals surface area contributed by atoms with Gasteiger partial charge in [-0.3, -0.25) is 14.9 Å². The number of carbonyl (C=O) groups excluding carboxylic acids is 2. The smallest absolute Gasteiger partial charge is 0.290 e. The maximum atomic E-state index is 12.1. The lowest BCUT2D eigenvalue weighted by atomic mass is 9.62. The van der Waals surface area contributed by atoms with E-state index in [9.17, 15) is 9.59 Å². The van der Waals surface area contributed by atoms with Crippen LogP contribution in [-0.4, -0.2) is 25.4 Å². The summed E-state index contributed by atoms with van der Waals surface area (Å²) in [6.07, 6.45) is 3.99. The Morgan fingerprint density at radius 2 is 1.48 bits per heavy atom. The van der Waals surface area contributed by atoms with Gasteiger partial charge in [0.25, 0.3) is 11.1 Å². The fraction of sp³-hybridized carbons (Fsp3) is 0.407. The van der Waals surface area contributed by atoms with Gasteiger partial charge in [-0.2, -0.15) is 0 Å². The second-order valence-electron chi connectivity index (χ2n) is 10.1. The van der Waals surface area contributed by atoms with Crippen molar-refractivity contribution in [1.82, 2.24) is 5.32 Å². The summed E-state index contributed by atoms with van der Waals surface area (Å²) in [5.41, 5.74) is 6.91. The standard InChI is InChI=1S/C27H31NO4S/c1-15-10-19-20(27(4,5)9-8-26(19,2)3)13-17(15)18-11-16(21(31-6)14-22(18)32-7)12-23-24(29)28-25(30)33-23/h10-14H,8-9H2,1-7H3,(H,28,29,30). The summed E-state index contributed by atoms with van der Waals surface area (Å²) in [5.74, 6) is 0.885. The van der Waals surface area contributed by atoms with Gasteiger partial charge in [-0.25, -0.2) is 0 Å². The van der Waals surface area contributed by atoms with Crippen LogP contribution in [-0.2, 0) is 15.6 Å². The molecule has 2 amide bonds. The second kappa shape index (κ2) is 8.24. The Kier molecular flexibility index (Phi) is 5.85. The Bertz CT molecular complexity index is 1190. The van der Waals surface area contributed by atoms with Crippen LogP contribution in [0.3, 0.4) is 0 Å². The quantitative estimate of drug-likeness (QED) is 0.533. The molecule has 0 aromatic heterocycles. The van der Waals surface area contributed by atoms with E-state index in [1.807, 2.05) is 12.1 Å². The van der Waals surface area contributed by atoms with E-state index in [0.717, 1.165) is 41.3 Å². The molecule has 1 aliphatic heterocycles. The minimum Gasteiger partial charge on any atom is -0.496 e. The van der Waals surface area contributed by atoms with E-state index >= 15 is 0 Å². The van der Waals surface area contributed by atoms with Gasteiger partial charge in [0, 0.05) is 17.2 Å². The van der Waals surface area contributed by atoms with Crippen molar-refractivity contribution in [3.63, 3.8) is 0 Å². The summed E-state index contributed by atoms with van der Waals surface area (Å²) >= 11 is 0.895. The molecule has 1 heterocycles. The second-order valence-corrected chi connectivity index (χ2v) is 11.1. The predicted octanol–water partition coefficient (Wildman–Crippen LogP) is 6.35. The molecule has 0 bridgehead atoms. The van der Waals surface area contributed by atoms with Crippen LogP contribution >= 0.6 is 11.8 Å². The predicted molar refractivity (Wildman–Crippen MR) is 134 cm³/mol. The molecule has 0 atom stereocenters. The van der Waals surface area contributed by atoms with Crippen LogP contribution < -0.4 is 14.8 Å². The molecule has 33 heavy (non-hydrogen) atoms. The number of carbonyl (C=O) groups is 2. The number of hydrogen-bond donors (Lipinski definition) is 1. The van der Waals surface area contributed by atoms with E-state index in [2.05, 4.69) is 52.1 Å². The Morgan fingerprint density at radius 3 is 2.03 bits per heavy atom. The number of ether oxygens (including phenoxy) is 2. The molecule has 0 unspecified atom stereocenters. The van der Waals surface area contributed by atoms with Crippen LogP contribution in [0, 0.1) is 6.92 Å². The zero-order valence-electron chi connectivity index (χ0n) is 20.3. The van der Waals surface area contributed by atoms with E-state index in [1.54, 1.807) is 20.3 Å². The Labute approximate surface area is 199 Å². The maximum Gasteiger partial charge on any atom is 0.290 e. The van der Waals surface area contributed by atoms with E-state index < -0.39 is 5.91 Å². The average Bonchev–Trinajstić information content (AvgIpc) is 3.07. The number of fused-ring (bicyclic) bond motifs is 1. The number of thioether (sulfide) groups is 1. The van der Waals surface area contributed by atoms with Crippen LogP contribution in [0.1, 0.15) is 62.8 Å². The van der Waals surface area contributed by atoms with Crippen molar-refractivity contribution >= 4 is 29.0 Å². The Morgan fingerprint density at radius 1 is 0.879 bits per heavy atom. The van der Waals surface area contributed by atoms with Crippen molar-refractivity contribution in [1.29, 1.82) is 0 Å². The summed E-state index contributed by atoms with van der Waals surface area (Å²) < 4.78 is 11.3. The van der Waals surface area contributed by atoms with Crippen LogP contribution in [0.2, 0.25) is 0 Å². The van der Waals surface area contributed by atoms with Gasteiger partial charge >= 0.3 is 0 Å². The lowest BCUT2D eigenvalue weighted by molar-refractivity contribution is -0.115. The van der Waals surface area contributed by atoms with Crippen LogP contribution in [0.25, 0.3) is 17.2 Å². The van der Waals surface area contributed by atoms with Gasteiger partial charge in [0.05, 0.1) is 19.1 Å². The molecule has 174 valence electrons. The summed E-state index contributed by atoms with van der Waals surface area (Å²) in [6.45, 7) is 11.4. The topological polar surface area (TPSA) is 64.6 Å². The molecule has 1 saturated heterocycles. The Hall–Kier alpha value is -2.73. The van der Waals surface area contributed by atoms with Crippen LogP contribution in [0.4, 0.5) is 4.79 Å². The fourth-order valence-electron chi connectivity index (χ4n) is 4.82. The van der Waals surface area contributed by atoms with Crippen molar-refractivity contribution in [3.8, 4) is 22.6 Å². The number of methoxy groups -OCH3 is 2. The lowest BCUT2D eigenvalue weighted by Crippen LogP contribution is -2.34. The first-order valence-electron chi connectivity index (χ1n) is 11.1. The van der Waals surface area contributed by atoms with Gasteiger partial charge in [0.15, 0.2) is 0 Å². The first-order chi connectivity index (χ1) is 15.5. The molecule has 0 radical (unpaired) electrons. The summed E-state index contributed by atoms with van der Waals surface area (Å²) in [6, 6.07) is 8.46. The zero-order valence-corrected chi connectivity index (χ0v) is 21.2. The molecular formula is C27H31NO4S. The average molecular weight is 466 g/mol. The highest BCUT2D eigenvalue weighted by atomic mass is 32.2. The maximum absolute atomic E-state index is 12.1. The lowest BCUT2D eigenvalue weighted by Gasteiger charge is -2.42. The molecule has 6 heteroatoms. The van der Waals surface area contributed by atoms with E-state index in [4.69, 9.17) is 9.47 Å². The highest BCUT2D eigenvalue weighted by Crippen LogP contribution is 2.49. The molecular weight excluding hydrogens is 434 g/mol. The molecule has 5 nitrogen and oxygen atoms in total. The number of nitrogens with one attached hydrogen (secondary N) is 1. The van der Waals surface area contributed by atoms with E-state index in [0.29, 0.717) is 16.4 Å². The van der Waals surface area contributed by atoms with Crippen molar-refractivity contribution in [2.45, 2.75) is 58.3 Å². The van der Waals surface area contributed by atoms with Gasteiger partial charge in [-0.05, 0) is 82.8 Å². The van der Waals surface area contributed by atoms with Crippen LogP contribution in [0.15, 0.2) is 29.2 Å². The zero-order chi connectivity index (χ0) is 24.1. The van der Waals surface area contributed by atoms with Crippen LogP contribution in [0.5, 0.6) is 11.5 Å². The minimum atomic E-state index is -0.390. The van der Waals surface area contributed by atoms with Gasteiger partial charge in [-0.1, -0.05) is 33.8 Å². The summed E-state index contributed by atoms with van der Waals surface area (Å²) in [5, 5.41) is 1.94. The fourth-order valence-corrected chi connectivity index (χ4v) is 5.49. The molecule has 1 fully saturated rings. The van der Waals surface area contributed by atoms with E-state index in [-0.39, 0.29) is 16.1 Å². The summed E-state index contributed by atoms with van der Waals surface area (Å²) in [7, 11) is 3.23. The van der Waals surface area contributed by atoms with Crippen molar-refractivity contribution in [2.24, 2.45) is 0 Å². The first kappa shape index (κ1) is 23.4. The highest BCUT2D eigenvalue weighted by molar-refractivity contribution is 8.18. The third kappa shape index (κ3) is 4.17. The van der Waals surface area contributed by atoms with Gasteiger partial charge < -0.3 is 9.47 Å². The monoisotopic (exact) mass is 465 g/mol. The number of benzene rings is 2. The molecule has 4 rings (SSSR count). The summed E-state index contributed by atoms with van der Waals surface area (Å²) in [4.78, 5) is 24.1. The number of aryl methyl sites for hydroxylation is 1. The number of rotatable bonds is 4. The van der Waals surface area contributed by atoms with Gasteiger partial charge in [0.2, 0.25) is 0 Å². The highest BCUT2D eigenvalue weighted by Gasteiger charge is 2.37. The molecule has 2 aromatic carbocycles. The third-order valence-electron chi connectivity index (χ3n) is 6.97. The number of hydrogen-bond acceptors (Lipinski definition) is 5. The first-order valence-corrected chi connectivity index (χ1v) is 12.0. The normalized spacial score (nSPS) is 19.9. The third-order valence-corrected chi connectivity index (χ3v) is 7.78. The molecule has 0 spiro atoms. The number of imide groups is 1.